The molecule has 3 rings (SSSR count). The van der Waals surface area contributed by atoms with Crippen LogP contribution in [0.4, 0.5) is 0 Å². The molecule has 0 radical (unpaired) electrons. The fourth-order valence-electron chi connectivity index (χ4n) is 2.89. The topological polar surface area (TPSA) is 18.5 Å². The SMILES string of the molecule is Cc1cc(OC2CCOC3(CCC3)C2)ccc1Br. The van der Waals surface area contributed by atoms with Gasteiger partial charge in [-0.2, -0.15) is 0 Å². The molecule has 0 aromatic heterocycles. The first-order valence-corrected chi connectivity index (χ1v) is 7.53. The zero-order valence-corrected chi connectivity index (χ0v) is 12.3. The predicted octanol–water partition coefficient (Wildman–Crippen LogP) is 4.24. The molecule has 1 aromatic carbocycles. The Hall–Kier alpha value is -0.540. The molecule has 3 heteroatoms. The fraction of sp³-hybridized carbons (Fsp3) is 0.600. The highest BCUT2D eigenvalue weighted by Gasteiger charge is 2.43. The highest BCUT2D eigenvalue weighted by atomic mass is 79.9. The summed E-state index contributed by atoms with van der Waals surface area (Å²) in [5.74, 6) is 0.983. The molecular weight excluding hydrogens is 292 g/mol. The van der Waals surface area contributed by atoms with Crippen molar-refractivity contribution in [1.29, 1.82) is 0 Å². The summed E-state index contributed by atoms with van der Waals surface area (Å²) in [6.07, 6.45) is 6.13. The maximum Gasteiger partial charge on any atom is 0.120 e. The number of ether oxygens (including phenoxy) is 2. The normalized spacial score (nSPS) is 25.8. The second-order valence-corrected chi connectivity index (χ2v) is 6.38. The van der Waals surface area contributed by atoms with Gasteiger partial charge in [-0.25, -0.2) is 0 Å². The van der Waals surface area contributed by atoms with Crippen molar-refractivity contribution in [3.63, 3.8) is 0 Å². The van der Waals surface area contributed by atoms with Gasteiger partial charge in [0.15, 0.2) is 0 Å². The first-order chi connectivity index (χ1) is 8.67. The average molecular weight is 311 g/mol. The molecule has 2 aliphatic rings. The Bertz CT molecular complexity index is 440. The van der Waals surface area contributed by atoms with Crippen LogP contribution in [-0.2, 0) is 4.74 Å². The molecule has 0 amide bonds. The summed E-state index contributed by atoms with van der Waals surface area (Å²) >= 11 is 3.52. The minimum absolute atomic E-state index is 0.160. The molecule has 2 nitrogen and oxygen atoms in total. The van der Waals surface area contributed by atoms with E-state index in [1.807, 2.05) is 6.07 Å². The van der Waals surface area contributed by atoms with Crippen LogP contribution in [0, 0.1) is 6.92 Å². The van der Waals surface area contributed by atoms with Crippen LogP contribution in [0.15, 0.2) is 22.7 Å². The van der Waals surface area contributed by atoms with Crippen molar-refractivity contribution < 1.29 is 9.47 Å². The quantitative estimate of drug-likeness (QED) is 0.813. The molecule has 2 fully saturated rings. The van der Waals surface area contributed by atoms with Crippen LogP contribution in [0.5, 0.6) is 5.75 Å². The van der Waals surface area contributed by atoms with E-state index in [4.69, 9.17) is 9.47 Å². The van der Waals surface area contributed by atoms with E-state index in [-0.39, 0.29) is 5.60 Å². The lowest BCUT2D eigenvalue weighted by Gasteiger charge is -2.46. The minimum Gasteiger partial charge on any atom is -0.490 e. The second-order valence-electron chi connectivity index (χ2n) is 5.53. The number of halogens is 1. The van der Waals surface area contributed by atoms with Crippen LogP contribution in [0.25, 0.3) is 0 Å². The van der Waals surface area contributed by atoms with E-state index in [9.17, 15) is 0 Å². The molecule has 1 atom stereocenters. The van der Waals surface area contributed by atoms with Crippen molar-refractivity contribution >= 4 is 15.9 Å². The number of rotatable bonds is 2. The Morgan fingerprint density at radius 2 is 2.22 bits per heavy atom. The third kappa shape index (κ3) is 2.43. The predicted molar refractivity (Wildman–Crippen MR) is 75.1 cm³/mol. The largest absolute Gasteiger partial charge is 0.490 e. The minimum atomic E-state index is 0.160. The van der Waals surface area contributed by atoms with E-state index < -0.39 is 0 Å². The van der Waals surface area contributed by atoms with Gasteiger partial charge < -0.3 is 9.47 Å². The van der Waals surface area contributed by atoms with Crippen molar-refractivity contribution in [3.05, 3.63) is 28.2 Å². The van der Waals surface area contributed by atoms with E-state index in [0.717, 1.165) is 29.7 Å². The summed E-state index contributed by atoms with van der Waals surface area (Å²) in [6.45, 7) is 2.94. The first kappa shape index (κ1) is 12.5. The molecule has 1 heterocycles. The molecule has 1 saturated carbocycles. The maximum absolute atomic E-state index is 6.12. The Labute approximate surface area is 117 Å². The van der Waals surface area contributed by atoms with Crippen LogP contribution < -0.4 is 4.74 Å². The Morgan fingerprint density at radius 3 is 2.89 bits per heavy atom. The molecule has 1 saturated heterocycles. The van der Waals surface area contributed by atoms with E-state index >= 15 is 0 Å². The molecule has 0 bridgehead atoms. The Balaban J connectivity index is 1.66. The number of hydrogen-bond donors (Lipinski definition) is 0. The van der Waals surface area contributed by atoms with Crippen molar-refractivity contribution in [1.82, 2.24) is 0 Å². The molecule has 1 unspecified atom stereocenters. The van der Waals surface area contributed by atoms with Crippen molar-refractivity contribution in [2.24, 2.45) is 0 Å². The lowest BCUT2D eigenvalue weighted by Crippen LogP contribution is -2.48. The van der Waals surface area contributed by atoms with Crippen molar-refractivity contribution in [2.75, 3.05) is 6.61 Å². The number of hydrogen-bond acceptors (Lipinski definition) is 2. The van der Waals surface area contributed by atoms with Crippen LogP contribution in [0.2, 0.25) is 0 Å². The lowest BCUT2D eigenvalue weighted by molar-refractivity contribution is -0.153. The summed E-state index contributed by atoms with van der Waals surface area (Å²) < 4.78 is 13.2. The number of benzene rings is 1. The van der Waals surface area contributed by atoms with Gasteiger partial charge in [-0.1, -0.05) is 15.9 Å². The van der Waals surface area contributed by atoms with Crippen LogP contribution >= 0.6 is 15.9 Å². The zero-order chi connectivity index (χ0) is 12.6. The van der Waals surface area contributed by atoms with Gasteiger partial charge in [-0.05, 0) is 49.9 Å². The molecule has 1 aromatic rings. The average Bonchev–Trinajstić information content (AvgIpc) is 2.32. The van der Waals surface area contributed by atoms with Gasteiger partial charge in [0.2, 0.25) is 0 Å². The van der Waals surface area contributed by atoms with Gasteiger partial charge in [0.05, 0.1) is 12.2 Å². The van der Waals surface area contributed by atoms with Crippen LogP contribution in [0.3, 0.4) is 0 Å². The summed E-state index contributed by atoms with van der Waals surface area (Å²) in [5, 5.41) is 0. The smallest absolute Gasteiger partial charge is 0.120 e. The second kappa shape index (κ2) is 4.86. The highest BCUT2D eigenvalue weighted by molar-refractivity contribution is 9.10. The molecule has 1 aliphatic heterocycles. The molecule has 1 aliphatic carbocycles. The van der Waals surface area contributed by atoms with Crippen molar-refractivity contribution in [3.8, 4) is 5.75 Å². The first-order valence-electron chi connectivity index (χ1n) is 6.74. The molecule has 0 N–H and O–H groups in total. The summed E-state index contributed by atoms with van der Waals surface area (Å²) in [4.78, 5) is 0. The molecular formula is C15H19BrO2. The van der Waals surface area contributed by atoms with Crippen LogP contribution in [0.1, 0.15) is 37.7 Å². The monoisotopic (exact) mass is 310 g/mol. The van der Waals surface area contributed by atoms with E-state index in [2.05, 4.69) is 35.0 Å². The third-order valence-electron chi connectivity index (χ3n) is 4.14. The Morgan fingerprint density at radius 1 is 1.39 bits per heavy atom. The van der Waals surface area contributed by atoms with Crippen molar-refractivity contribution in [2.45, 2.75) is 50.7 Å². The third-order valence-corrected chi connectivity index (χ3v) is 5.03. The standard InChI is InChI=1S/C15H19BrO2/c1-11-9-12(3-4-14(11)16)18-13-5-8-17-15(10-13)6-2-7-15/h3-4,9,13H,2,5-8,10H2,1H3. The zero-order valence-electron chi connectivity index (χ0n) is 10.7. The van der Waals surface area contributed by atoms with Gasteiger partial charge in [0.1, 0.15) is 11.9 Å². The van der Waals surface area contributed by atoms with Gasteiger partial charge in [0.25, 0.3) is 0 Å². The van der Waals surface area contributed by atoms with Gasteiger partial charge in [-0.15, -0.1) is 0 Å². The summed E-state index contributed by atoms with van der Waals surface area (Å²) in [6, 6.07) is 6.20. The fourth-order valence-corrected chi connectivity index (χ4v) is 3.13. The lowest BCUT2D eigenvalue weighted by atomic mass is 9.74. The summed E-state index contributed by atoms with van der Waals surface area (Å²) in [7, 11) is 0. The van der Waals surface area contributed by atoms with Crippen LogP contribution in [-0.4, -0.2) is 18.3 Å². The number of aryl methyl sites for hydroxylation is 1. The summed E-state index contributed by atoms with van der Waals surface area (Å²) in [5.41, 5.74) is 1.38. The van der Waals surface area contributed by atoms with Gasteiger partial charge in [-0.3, -0.25) is 0 Å². The highest BCUT2D eigenvalue weighted by Crippen LogP contribution is 2.43. The Kier molecular flexibility index (Phi) is 3.37. The molecule has 18 heavy (non-hydrogen) atoms. The molecule has 98 valence electrons. The van der Waals surface area contributed by atoms with Gasteiger partial charge in [0, 0.05) is 17.3 Å². The van der Waals surface area contributed by atoms with Gasteiger partial charge >= 0.3 is 0 Å². The van der Waals surface area contributed by atoms with E-state index in [1.54, 1.807) is 0 Å². The van der Waals surface area contributed by atoms with E-state index in [1.165, 1.54) is 24.8 Å². The van der Waals surface area contributed by atoms with E-state index in [0.29, 0.717) is 6.10 Å². The maximum atomic E-state index is 6.12. The molecule has 1 spiro atoms.